The average Bonchev–Trinajstić information content (AvgIpc) is 3.28. The Kier molecular flexibility index (Phi) is 7.42. The highest BCUT2D eigenvalue weighted by atomic mass is 16.5. The zero-order chi connectivity index (χ0) is 26.6. The van der Waals surface area contributed by atoms with Crippen LogP contribution in [0.4, 0.5) is 5.69 Å². The minimum atomic E-state index is -1.06. The van der Waals surface area contributed by atoms with Gasteiger partial charge in [-0.3, -0.25) is 14.5 Å². The van der Waals surface area contributed by atoms with Gasteiger partial charge in [0.05, 0.1) is 19.7 Å². The molecule has 1 atom stereocenters. The number of hydrogen-bond acceptors (Lipinski definition) is 6. The highest BCUT2D eigenvalue weighted by Crippen LogP contribution is 2.36. The Hall–Kier alpha value is -4.40. The number of nitrogens with zero attached hydrogens (tertiary/aromatic N) is 4. The summed E-state index contributed by atoms with van der Waals surface area (Å²) in [7, 11) is 3.08. The van der Waals surface area contributed by atoms with E-state index in [2.05, 4.69) is 15.6 Å². The van der Waals surface area contributed by atoms with E-state index in [4.69, 9.17) is 9.47 Å². The van der Waals surface area contributed by atoms with Gasteiger partial charge in [0.15, 0.2) is 0 Å². The molecule has 37 heavy (non-hydrogen) atoms. The fourth-order valence-electron chi connectivity index (χ4n) is 4.15. The number of methoxy groups -OCH3 is 2. The van der Waals surface area contributed by atoms with Gasteiger partial charge in [0.2, 0.25) is 11.8 Å². The van der Waals surface area contributed by atoms with Crippen molar-refractivity contribution >= 4 is 28.5 Å². The van der Waals surface area contributed by atoms with Crippen molar-refractivity contribution in [3.63, 3.8) is 0 Å². The molecule has 0 aliphatic carbocycles. The lowest BCUT2D eigenvalue weighted by molar-refractivity contribution is -0.128. The summed E-state index contributed by atoms with van der Waals surface area (Å²) in [5, 5.41) is 11.4. The molecular weight excluding hydrogens is 470 g/mol. The second-order valence-electron chi connectivity index (χ2n) is 9.58. The van der Waals surface area contributed by atoms with Gasteiger partial charge in [0.1, 0.15) is 29.6 Å². The van der Waals surface area contributed by atoms with Crippen LogP contribution >= 0.6 is 0 Å². The molecule has 0 aliphatic rings. The van der Waals surface area contributed by atoms with Crippen molar-refractivity contribution in [1.29, 1.82) is 0 Å². The van der Waals surface area contributed by atoms with Crippen molar-refractivity contribution in [3.05, 3.63) is 78.4 Å². The van der Waals surface area contributed by atoms with Crippen LogP contribution in [0.1, 0.15) is 32.4 Å². The van der Waals surface area contributed by atoms with E-state index >= 15 is 0 Å². The molecule has 9 nitrogen and oxygen atoms in total. The van der Waals surface area contributed by atoms with E-state index in [0.29, 0.717) is 28.3 Å². The van der Waals surface area contributed by atoms with Crippen LogP contribution in [0.5, 0.6) is 11.5 Å². The van der Waals surface area contributed by atoms with Crippen molar-refractivity contribution in [3.8, 4) is 11.5 Å². The number of hydrogen-bond donors (Lipinski definition) is 1. The van der Waals surface area contributed by atoms with Crippen molar-refractivity contribution in [2.45, 2.75) is 38.9 Å². The van der Waals surface area contributed by atoms with Crippen molar-refractivity contribution in [2.24, 2.45) is 0 Å². The topological polar surface area (TPSA) is 98.6 Å². The lowest BCUT2D eigenvalue weighted by Crippen LogP contribution is -2.50. The number of rotatable bonds is 8. The molecule has 0 saturated heterocycles. The van der Waals surface area contributed by atoms with Gasteiger partial charge >= 0.3 is 0 Å². The minimum Gasteiger partial charge on any atom is -0.497 e. The van der Waals surface area contributed by atoms with E-state index in [1.165, 1.54) is 16.7 Å². The standard InChI is InChI=1S/C28H31N5O4/c1-28(2,3)29-27(35)26(21-17-20(36-4)15-16-24(21)37-5)33(19-11-7-6-8-12-19)25(34)18-32-23-14-10-9-13-22(23)30-31-32/h6-17,26H,18H2,1-5H3,(H,29,35)/t26-/m1/s1. The number of anilines is 1. The summed E-state index contributed by atoms with van der Waals surface area (Å²) < 4.78 is 12.6. The zero-order valence-electron chi connectivity index (χ0n) is 21.6. The molecule has 0 fully saturated rings. The van der Waals surface area contributed by atoms with Crippen LogP contribution in [0, 0.1) is 0 Å². The fraction of sp³-hybridized carbons (Fsp3) is 0.286. The molecule has 3 aromatic carbocycles. The highest BCUT2D eigenvalue weighted by molar-refractivity contribution is 6.02. The Bertz CT molecular complexity index is 1390. The molecule has 0 aliphatic heterocycles. The lowest BCUT2D eigenvalue weighted by atomic mass is 9.99. The summed E-state index contributed by atoms with van der Waals surface area (Å²) in [6.45, 7) is 5.55. The number of benzene rings is 3. The number of fused-ring (bicyclic) bond motifs is 1. The normalized spacial score (nSPS) is 12.1. The van der Waals surface area contributed by atoms with Gasteiger partial charge in [0, 0.05) is 16.8 Å². The lowest BCUT2D eigenvalue weighted by Gasteiger charge is -2.34. The zero-order valence-corrected chi connectivity index (χ0v) is 21.6. The first-order valence-corrected chi connectivity index (χ1v) is 11.9. The third kappa shape index (κ3) is 5.72. The Labute approximate surface area is 216 Å². The van der Waals surface area contributed by atoms with E-state index in [1.54, 1.807) is 37.4 Å². The van der Waals surface area contributed by atoms with Gasteiger partial charge in [-0.25, -0.2) is 4.68 Å². The Balaban J connectivity index is 1.87. The molecule has 0 bridgehead atoms. The monoisotopic (exact) mass is 501 g/mol. The summed E-state index contributed by atoms with van der Waals surface area (Å²) in [6, 6.07) is 20.6. The molecule has 1 aromatic heterocycles. The molecule has 9 heteroatoms. The quantitative estimate of drug-likeness (QED) is 0.390. The predicted molar refractivity (Wildman–Crippen MR) is 142 cm³/mol. The number of para-hydroxylation sites is 2. The van der Waals surface area contributed by atoms with E-state index < -0.39 is 11.6 Å². The molecule has 0 spiro atoms. The molecule has 192 valence electrons. The number of carbonyl (C=O) groups excluding carboxylic acids is 2. The van der Waals surface area contributed by atoms with E-state index in [1.807, 2.05) is 63.2 Å². The Morgan fingerprint density at radius 1 is 0.973 bits per heavy atom. The van der Waals surface area contributed by atoms with Gasteiger partial charge in [-0.15, -0.1) is 5.10 Å². The number of aromatic nitrogens is 3. The molecule has 1 heterocycles. The first-order chi connectivity index (χ1) is 17.7. The van der Waals surface area contributed by atoms with Gasteiger partial charge in [-0.05, 0) is 63.2 Å². The Morgan fingerprint density at radius 2 is 1.68 bits per heavy atom. The van der Waals surface area contributed by atoms with Crippen LogP contribution in [0.25, 0.3) is 11.0 Å². The van der Waals surface area contributed by atoms with E-state index in [9.17, 15) is 9.59 Å². The third-order valence-electron chi connectivity index (χ3n) is 5.74. The van der Waals surface area contributed by atoms with Crippen LogP contribution in [0.3, 0.4) is 0 Å². The fourth-order valence-corrected chi connectivity index (χ4v) is 4.15. The van der Waals surface area contributed by atoms with Crippen molar-refractivity contribution < 1.29 is 19.1 Å². The molecule has 1 N–H and O–H groups in total. The van der Waals surface area contributed by atoms with Crippen molar-refractivity contribution in [1.82, 2.24) is 20.3 Å². The molecule has 0 saturated carbocycles. The maximum absolute atomic E-state index is 14.1. The first-order valence-electron chi connectivity index (χ1n) is 11.9. The van der Waals surface area contributed by atoms with Gasteiger partial charge in [0.25, 0.3) is 0 Å². The number of carbonyl (C=O) groups is 2. The highest BCUT2D eigenvalue weighted by Gasteiger charge is 2.36. The van der Waals surface area contributed by atoms with Gasteiger partial charge in [-0.1, -0.05) is 35.5 Å². The number of amides is 2. The van der Waals surface area contributed by atoms with Crippen LogP contribution < -0.4 is 19.7 Å². The van der Waals surface area contributed by atoms with Crippen LogP contribution in [-0.4, -0.2) is 46.6 Å². The molecule has 4 rings (SSSR count). The smallest absolute Gasteiger partial charge is 0.249 e. The van der Waals surface area contributed by atoms with Gasteiger partial charge in [-0.2, -0.15) is 0 Å². The molecule has 4 aromatic rings. The summed E-state index contributed by atoms with van der Waals surface area (Å²) in [5.74, 6) is 0.280. The molecule has 0 radical (unpaired) electrons. The van der Waals surface area contributed by atoms with E-state index in [0.717, 1.165) is 5.52 Å². The second kappa shape index (κ2) is 10.7. The maximum atomic E-state index is 14.1. The number of ether oxygens (including phenoxy) is 2. The summed E-state index contributed by atoms with van der Waals surface area (Å²) in [5.41, 5.74) is 1.89. The third-order valence-corrected chi connectivity index (χ3v) is 5.74. The Morgan fingerprint density at radius 3 is 2.35 bits per heavy atom. The maximum Gasteiger partial charge on any atom is 0.249 e. The van der Waals surface area contributed by atoms with Crippen LogP contribution in [-0.2, 0) is 16.1 Å². The first kappa shape index (κ1) is 25.7. The van der Waals surface area contributed by atoms with Crippen LogP contribution in [0.2, 0.25) is 0 Å². The summed E-state index contributed by atoms with van der Waals surface area (Å²) in [4.78, 5) is 29.5. The van der Waals surface area contributed by atoms with E-state index in [-0.39, 0.29) is 18.4 Å². The predicted octanol–water partition coefficient (Wildman–Crippen LogP) is 4.14. The number of nitrogens with one attached hydrogen (secondary N) is 1. The SMILES string of the molecule is COc1ccc(OC)c([C@H](C(=O)NC(C)(C)C)N(C(=O)Cn2nnc3ccccc32)c2ccccc2)c1. The molecular formula is C28H31N5O4. The average molecular weight is 502 g/mol. The van der Waals surface area contributed by atoms with Crippen molar-refractivity contribution in [2.75, 3.05) is 19.1 Å². The second-order valence-corrected chi connectivity index (χ2v) is 9.58. The summed E-state index contributed by atoms with van der Waals surface area (Å²) >= 11 is 0. The van der Waals surface area contributed by atoms with Gasteiger partial charge < -0.3 is 14.8 Å². The molecule has 2 amide bonds. The molecule has 0 unspecified atom stereocenters. The largest absolute Gasteiger partial charge is 0.497 e. The minimum absolute atomic E-state index is 0.124. The van der Waals surface area contributed by atoms with Crippen LogP contribution in [0.15, 0.2) is 72.8 Å². The summed E-state index contributed by atoms with van der Waals surface area (Å²) in [6.07, 6.45) is 0.